The van der Waals surface area contributed by atoms with E-state index in [1.165, 1.54) is 18.2 Å². The quantitative estimate of drug-likeness (QED) is 0.313. The van der Waals surface area contributed by atoms with E-state index in [9.17, 15) is 19.7 Å². The summed E-state index contributed by atoms with van der Waals surface area (Å²) in [7, 11) is 0. The smallest absolute Gasteiger partial charge is 0.338 e. The fraction of sp³-hybridized carbons (Fsp3) is 0.400. The largest absolute Gasteiger partial charge is 0.454 e. The van der Waals surface area contributed by atoms with Crippen molar-refractivity contribution in [1.82, 2.24) is 4.57 Å². The second kappa shape index (κ2) is 8.35. The highest BCUT2D eigenvalue weighted by atomic mass is 16.6. The van der Waals surface area contributed by atoms with E-state index >= 15 is 0 Å². The van der Waals surface area contributed by atoms with Crippen LogP contribution in [0.5, 0.6) is 0 Å². The summed E-state index contributed by atoms with van der Waals surface area (Å²) in [5, 5.41) is 10.8. The lowest BCUT2D eigenvalue weighted by Crippen LogP contribution is -2.18. The van der Waals surface area contributed by atoms with Crippen molar-refractivity contribution in [2.24, 2.45) is 0 Å². The Kier molecular flexibility index (Phi) is 5.89. The molecule has 0 radical (unpaired) electrons. The maximum absolute atomic E-state index is 12.5. The minimum Gasteiger partial charge on any atom is -0.454 e. The average Bonchev–Trinajstić information content (AvgIpc) is 3.29. The van der Waals surface area contributed by atoms with Gasteiger partial charge in [-0.1, -0.05) is 6.07 Å². The van der Waals surface area contributed by atoms with E-state index < -0.39 is 17.5 Å². The molecule has 1 fully saturated rings. The molecule has 28 heavy (non-hydrogen) atoms. The second-order valence-electron chi connectivity index (χ2n) is 6.84. The zero-order valence-corrected chi connectivity index (χ0v) is 15.8. The molecule has 1 aliphatic rings. The summed E-state index contributed by atoms with van der Waals surface area (Å²) in [5.74, 6) is -1.09. The van der Waals surface area contributed by atoms with E-state index in [2.05, 4.69) is 0 Å². The number of aromatic nitrogens is 1. The standard InChI is InChI=1S/C20H22N2O6/c1-13-9-18(14(2)21(13)11-17-7-4-8-27-17)19(23)12-28-20(24)15-5-3-6-16(10-15)22(25)26/h3,5-6,9-10,17H,4,7-8,11-12H2,1-2H3/t17-/m0/s1. The summed E-state index contributed by atoms with van der Waals surface area (Å²) in [6.07, 6.45) is 2.20. The van der Waals surface area contributed by atoms with Crippen molar-refractivity contribution in [1.29, 1.82) is 0 Å². The molecule has 3 rings (SSSR count). The maximum Gasteiger partial charge on any atom is 0.338 e. The van der Waals surface area contributed by atoms with Crippen LogP contribution in [0.15, 0.2) is 30.3 Å². The van der Waals surface area contributed by atoms with Gasteiger partial charge in [0.1, 0.15) is 0 Å². The number of ether oxygens (including phenoxy) is 2. The van der Waals surface area contributed by atoms with Crippen molar-refractivity contribution in [2.45, 2.75) is 39.3 Å². The number of carbonyl (C=O) groups excluding carboxylic acids is 2. The highest BCUT2D eigenvalue weighted by molar-refractivity contribution is 6.00. The number of nitro groups is 1. The first-order chi connectivity index (χ1) is 13.4. The van der Waals surface area contributed by atoms with Crippen LogP contribution in [0.1, 0.15) is 44.9 Å². The first-order valence-corrected chi connectivity index (χ1v) is 9.10. The topological polar surface area (TPSA) is 101 Å². The Morgan fingerprint density at radius 2 is 2.11 bits per heavy atom. The minimum atomic E-state index is -0.773. The van der Waals surface area contributed by atoms with Gasteiger partial charge in [-0.05, 0) is 38.8 Å². The fourth-order valence-corrected chi connectivity index (χ4v) is 3.39. The number of non-ortho nitro benzene ring substituents is 1. The molecule has 1 atom stereocenters. The summed E-state index contributed by atoms with van der Waals surface area (Å²) in [5.41, 5.74) is 2.08. The molecule has 1 aromatic carbocycles. The Morgan fingerprint density at radius 1 is 1.32 bits per heavy atom. The first kappa shape index (κ1) is 19.8. The van der Waals surface area contributed by atoms with Gasteiger partial charge < -0.3 is 14.0 Å². The molecular formula is C20H22N2O6. The van der Waals surface area contributed by atoms with Crippen molar-refractivity contribution in [3.8, 4) is 0 Å². The Hall–Kier alpha value is -3.00. The van der Waals surface area contributed by atoms with Gasteiger partial charge in [-0.2, -0.15) is 0 Å². The Labute approximate surface area is 162 Å². The lowest BCUT2D eigenvalue weighted by atomic mass is 10.1. The van der Waals surface area contributed by atoms with Gasteiger partial charge in [0.2, 0.25) is 5.78 Å². The van der Waals surface area contributed by atoms with Crippen LogP contribution in [0.25, 0.3) is 0 Å². The molecule has 0 spiro atoms. The van der Waals surface area contributed by atoms with Gasteiger partial charge in [-0.25, -0.2) is 4.79 Å². The first-order valence-electron chi connectivity index (χ1n) is 9.10. The Morgan fingerprint density at radius 3 is 2.79 bits per heavy atom. The van der Waals surface area contributed by atoms with Gasteiger partial charge in [-0.3, -0.25) is 14.9 Å². The summed E-state index contributed by atoms with van der Waals surface area (Å²) in [4.78, 5) is 34.9. The molecule has 0 amide bonds. The third-order valence-electron chi connectivity index (χ3n) is 4.91. The third kappa shape index (κ3) is 4.28. The number of aryl methyl sites for hydroxylation is 1. The van der Waals surface area contributed by atoms with Gasteiger partial charge in [0, 0.05) is 42.2 Å². The minimum absolute atomic E-state index is 0.0332. The highest BCUT2D eigenvalue weighted by Gasteiger charge is 2.22. The van der Waals surface area contributed by atoms with Crippen LogP contribution >= 0.6 is 0 Å². The SMILES string of the molecule is Cc1cc(C(=O)COC(=O)c2cccc([N+](=O)[O-])c2)c(C)n1C[C@@H]1CCCO1. The predicted octanol–water partition coefficient (Wildman–Crippen LogP) is 3.23. The van der Waals surface area contributed by atoms with Crippen LogP contribution in [0.3, 0.4) is 0 Å². The number of hydrogen-bond donors (Lipinski definition) is 0. The number of nitro benzene ring substituents is 1. The Bertz CT molecular complexity index is 911. The summed E-state index contributed by atoms with van der Waals surface area (Å²) in [6, 6.07) is 7.00. The molecule has 1 saturated heterocycles. The molecule has 0 unspecified atom stereocenters. The van der Waals surface area contributed by atoms with Crippen LogP contribution in [0, 0.1) is 24.0 Å². The molecule has 8 heteroatoms. The number of benzene rings is 1. The van der Waals surface area contributed by atoms with Crippen LogP contribution in [0.2, 0.25) is 0 Å². The molecule has 148 valence electrons. The normalized spacial score (nSPS) is 16.1. The number of carbonyl (C=O) groups is 2. The van der Waals surface area contributed by atoms with E-state index in [0.29, 0.717) is 12.1 Å². The number of esters is 1. The summed E-state index contributed by atoms with van der Waals surface area (Å²) >= 11 is 0. The van der Waals surface area contributed by atoms with Crippen LogP contribution in [-0.2, 0) is 16.0 Å². The molecule has 0 saturated carbocycles. The monoisotopic (exact) mass is 386 g/mol. The van der Waals surface area contributed by atoms with E-state index in [1.54, 1.807) is 6.07 Å². The van der Waals surface area contributed by atoms with Gasteiger partial charge in [0.25, 0.3) is 5.69 Å². The van der Waals surface area contributed by atoms with Crippen molar-refractivity contribution >= 4 is 17.4 Å². The molecule has 2 heterocycles. The van der Waals surface area contributed by atoms with Crippen LogP contribution < -0.4 is 0 Å². The zero-order chi connectivity index (χ0) is 20.3. The number of ketones is 1. The molecule has 2 aromatic rings. The lowest BCUT2D eigenvalue weighted by molar-refractivity contribution is -0.384. The van der Waals surface area contributed by atoms with Gasteiger partial charge in [0.15, 0.2) is 6.61 Å². The van der Waals surface area contributed by atoms with Crippen LogP contribution in [-0.4, -0.2) is 40.6 Å². The van der Waals surface area contributed by atoms with E-state index in [0.717, 1.165) is 36.9 Å². The third-order valence-corrected chi connectivity index (χ3v) is 4.91. The summed E-state index contributed by atoms with van der Waals surface area (Å²) < 4.78 is 12.8. The van der Waals surface area contributed by atoms with Crippen molar-refractivity contribution in [3.05, 3.63) is 63.0 Å². The number of rotatable bonds is 7. The highest BCUT2D eigenvalue weighted by Crippen LogP contribution is 2.21. The molecule has 1 aliphatic heterocycles. The maximum atomic E-state index is 12.5. The van der Waals surface area contributed by atoms with Crippen molar-refractivity contribution in [3.63, 3.8) is 0 Å². The number of nitrogens with zero attached hydrogens (tertiary/aromatic N) is 2. The molecule has 0 aliphatic carbocycles. The van der Waals surface area contributed by atoms with Crippen molar-refractivity contribution < 1.29 is 24.0 Å². The van der Waals surface area contributed by atoms with E-state index in [4.69, 9.17) is 9.47 Å². The number of Topliss-reactive ketones (excluding diaryl/α,β-unsaturated/α-hetero) is 1. The molecule has 8 nitrogen and oxygen atoms in total. The summed E-state index contributed by atoms with van der Waals surface area (Å²) in [6.45, 7) is 4.82. The van der Waals surface area contributed by atoms with E-state index in [1.807, 2.05) is 18.4 Å². The zero-order valence-electron chi connectivity index (χ0n) is 15.8. The molecular weight excluding hydrogens is 364 g/mol. The van der Waals surface area contributed by atoms with E-state index in [-0.39, 0.29) is 23.1 Å². The molecule has 0 N–H and O–H groups in total. The molecule has 1 aromatic heterocycles. The van der Waals surface area contributed by atoms with Crippen molar-refractivity contribution in [2.75, 3.05) is 13.2 Å². The lowest BCUT2D eigenvalue weighted by Gasteiger charge is -2.14. The molecule has 0 bridgehead atoms. The Balaban J connectivity index is 1.65. The fourth-order valence-electron chi connectivity index (χ4n) is 3.39. The van der Waals surface area contributed by atoms with Gasteiger partial charge in [-0.15, -0.1) is 0 Å². The number of hydrogen-bond acceptors (Lipinski definition) is 6. The predicted molar refractivity (Wildman–Crippen MR) is 101 cm³/mol. The van der Waals surface area contributed by atoms with Gasteiger partial charge >= 0.3 is 5.97 Å². The van der Waals surface area contributed by atoms with Crippen LogP contribution in [0.4, 0.5) is 5.69 Å². The second-order valence-corrected chi connectivity index (χ2v) is 6.84. The van der Waals surface area contributed by atoms with Gasteiger partial charge in [0.05, 0.1) is 16.6 Å². The average molecular weight is 386 g/mol.